The third-order valence-electron chi connectivity index (χ3n) is 18.8. The third kappa shape index (κ3) is 31.8. The monoisotopic (exact) mass is 1970 g/mol. The van der Waals surface area contributed by atoms with E-state index in [1.807, 2.05) is 42.5 Å². The molecule has 0 N–H and O–H groups in total. The Morgan fingerprint density at radius 1 is 0.218 bits per heavy atom. The molecule has 0 aliphatic rings. The van der Waals surface area contributed by atoms with Gasteiger partial charge in [-0.2, -0.15) is 0 Å². The predicted molar refractivity (Wildman–Crippen MR) is 529 cm³/mol. The summed E-state index contributed by atoms with van der Waals surface area (Å²) >= 11 is 24.0. The van der Waals surface area contributed by atoms with Crippen molar-refractivity contribution in [1.29, 1.82) is 0 Å². The molecule has 12 aromatic carbocycles. The summed E-state index contributed by atoms with van der Waals surface area (Å²) < 4.78 is 6.57. The van der Waals surface area contributed by atoms with Gasteiger partial charge in [-0.1, -0.05) is 417 Å². The van der Waals surface area contributed by atoms with E-state index in [1.54, 1.807) is 18.2 Å². The molecule has 0 spiro atoms. The Morgan fingerprint density at radius 3 is 0.555 bits per heavy atom. The Balaban J connectivity index is 0.000000160. The van der Waals surface area contributed by atoms with Crippen LogP contribution in [0.2, 0.25) is 33.9 Å². The number of pyridine rings is 4. The van der Waals surface area contributed by atoms with Crippen LogP contribution in [0.4, 0.5) is 0 Å². The molecule has 119 heavy (non-hydrogen) atoms. The first-order chi connectivity index (χ1) is 58.0. The molecule has 0 amide bonds. The molecule has 0 aliphatic carbocycles. The Hall–Kier alpha value is -7.94. The van der Waals surface area contributed by atoms with Crippen molar-refractivity contribution >= 4 is 180 Å². The fourth-order valence-electron chi connectivity index (χ4n) is 13.2. The Morgan fingerprint density at radius 2 is 0.395 bits per heavy atom. The molecule has 0 saturated carbocycles. The standard InChI is InChI=1S/4C18H15P.C10H6Cl2N2.C5H3BrClN.C5H3ClN.3C4H9.Pd.Sn/c4*1-4-10-16(11-5-1)19(17-12-6-2-7-13-17)18-14-8-3-9-15-18;11-9-5-1-3-7(13-9)8-4-2-6-10(12)14-8;6-4-2-1-3-5(7)8-4;6-5-3-1-2-4-7-5;3*1-3-4-2;;/h4*1-15H;1-6H;1-3H;1-3H;3*1,3-4H2,2H3;;. The van der Waals surface area contributed by atoms with Crippen molar-refractivity contribution < 1.29 is 20.4 Å². The maximum Gasteiger partial charge on any atom is 0.130 e. The summed E-state index contributed by atoms with van der Waals surface area (Å²) in [6.07, 6.45) is 8.03. The SMILES string of the molecule is CCC[CH2][Sn]([CH2]CCC)([CH2]CCC)[c]1cccc(Cl)n1.Clc1cccc(-c2cccc(Cl)n2)n1.Clc1cccc(Br)n1.[Pd].c1ccc(P(c2ccccc2)c2ccccc2)cc1.c1ccc(P(c2ccccc2)c2ccccc2)cc1.c1ccc(P(c2ccccc2)c2ccccc2)cc1.c1ccc(P(c2ccccc2)c2ccccc2)cc1. The van der Waals surface area contributed by atoms with Gasteiger partial charge in [0.15, 0.2) is 0 Å². The fraction of sp³-hybridized carbons (Fsp3) is 0.115. The summed E-state index contributed by atoms with van der Waals surface area (Å²) in [6, 6.07) is 152. The normalized spacial score (nSPS) is 10.6. The predicted octanol–water partition coefficient (Wildman–Crippen LogP) is 25.5. The number of unbranched alkanes of at least 4 members (excludes halogenated alkanes) is 3. The van der Waals surface area contributed by atoms with Gasteiger partial charge in [0.25, 0.3) is 0 Å². The maximum absolute atomic E-state index is 6.18. The van der Waals surface area contributed by atoms with E-state index in [-0.39, 0.29) is 20.4 Å². The topological polar surface area (TPSA) is 51.6 Å². The second-order valence-electron chi connectivity index (χ2n) is 27.3. The van der Waals surface area contributed by atoms with Crippen LogP contribution in [-0.2, 0) is 20.4 Å². The summed E-state index contributed by atoms with van der Waals surface area (Å²) in [6.45, 7) is 6.92. The molecule has 0 radical (unpaired) electrons. The Labute approximate surface area is 758 Å². The zero-order valence-corrected chi connectivity index (χ0v) is 79.8. The molecular weight excluding hydrogens is 1880 g/mol. The van der Waals surface area contributed by atoms with E-state index < -0.39 is 50.1 Å². The van der Waals surface area contributed by atoms with Crippen molar-refractivity contribution in [3.05, 3.63) is 462 Å². The van der Waals surface area contributed by atoms with Gasteiger partial charge in [0, 0.05) is 20.4 Å². The van der Waals surface area contributed by atoms with Crippen LogP contribution in [0.15, 0.2) is 441 Å². The molecule has 15 heteroatoms. The van der Waals surface area contributed by atoms with Crippen LogP contribution in [0.3, 0.4) is 0 Å². The molecule has 16 rings (SSSR count). The Bertz CT molecular complexity index is 4460. The van der Waals surface area contributed by atoms with Crippen LogP contribution in [0.1, 0.15) is 59.3 Å². The van der Waals surface area contributed by atoms with Crippen LogP contribution in [0, 0.1) is 0 Å². The average Bonchev–Trinajstić information content (AvgIpc) is 0.830. The molecule has 0 bridgehead atoms. The van der Waals surface area contributed by atoms with E-state index in [2.05, 4.69) is 428 Å². The molecule has 0 unspecified atom stereocenters. The zero-order chi connectivity index (χ0) is 82.5. The molecule has 0 atom stereocenters. The number of hydrogen-bond acceptors (Lipinski definition) is 4. The smallest absolute Gasteiger partial charge is 0.130 e. The van der Waals surface area contributed by atoms with Crippen molar-refractivity contribution in [3.63, 3.8) is 0 Å². The second kappa shape index (κ2) is 54.4. The molecule has 0 fully saturated rings. The number of hydrogen-bond donors (Lipinski definition) is 0. The first-order valence-corrected chi connectivity index (χ1v) is 55.2. The summed E-state index contributed by atoms with van der Waals surface area (Å²) in [4.78, 5) is 16.9. The van der Waals surface area contributed by atoms with Gasteiger partial charge >= 0.3 is 135 Å². The van der Waals surface area contributed by atoms with Gasteiger partial charge < -0.3 is 0 Å². The third-order valence-corrected chi connectivity index (χ3v) is 45.0. The van der Waals surface area contributed by atoms with Gasteiger partial charge in [0.05, 0.1) is 11.4 Å². The molecule has 16 aromatic rings. The van der Waals surface area contributed by atoms with E-state index in [9.17, 15) is 0 Å². The van der Waals surface area contributed by atoms with Crippen LogP contribution < -0.4 is 67.4 Å². The molecule has 4 nitrogen and oxygen atoms in total. The van der Waals surface area contributed by atoms with Crippen molar-refractivity contribution in [2.75, 3.05) is 0 Å². The summed E-state index contributed by atoms with van der Waals surface area (Å²) in [7, 11) is -1.78. The van der Waals surface area contributed by atoms with Crippen molar-refractivity contribution in [3.8, 4) is 11.4 Å². The van der Waals surface area contributed by atoms with Crippen LogP contribution >= 0.6 is 94.0 Å². The minimum absolute atomic E-state index is 0. The van der Waals surface area contributed by atoms with Gasteiger partial charge in [-0.05, 0) is 148 Å². The van der Waals surface area contributed by atoms with Gasteiger partial charge in [-0.25, -0.2) is 15.0 Å². The van der Waals surface area contributed by atoms with E-state index >= 15 is 0 Å². The first kappa shape index (κ1) is 94.9. The van der Waals surface area contributed by atoms with Crippen molar-refractivity contribution in [2.24, 2.45) is 0 Å². The summed E-state index contributed by atoms with van der Waals surface area (Å²) in [5, 5.41) is 18.9. The summed E-state index contributed by atoms with van der Waals surface area (Å²) in [5.74, 6) is 0. The number of nitrogens with zero attached hydrogens (tertiary/aromatic N) is 4. The first-order valence-electron chi connectivity index (χ1n) is 40.0. The average molecular weight is 1980 g/mol. The van der Waals surface area contributed by atoms with Gasteiger partial charge in [-0.15, -0.1) is 0 Å². The minimum Gasteiger partial charge on any atom is -0.234 e. The van der Waals surface area contributed by atoms with Crippen LogP contribution in [0.25, 0.3) is 11.4 Å². The van der Waals surface area contributed by atoms with E-state index in [4.69, 9.17) is 51.4 Å². The Kier molecular flexibility index (Phi) is 43.4. The summed E-state index contributed by atoms with van der Waals surface area (Å²) in [5.41, 5.74) is 1.44. The number of rotatable bonds is 23. The van der Waals surface area contributed by atoms with Crippen molar-refractivity contribution in [2.45, 2.75) is 72.6 Å². The van der Waals surface area contributed by atoms with Crippen LogP contribution in [0.5, 0.6) is 0 Å². The van der Waals surface area contributed by atoms with Gasteiger partial charge in [0.2, 0.25) is 0 Å². The molecular formula is C104H99BrCl4N4P4PdSn. The molecule has 4 heterocycles. The molecule has 0 aliphatic heterocycles. The number of benzene rings is 12. The fourth-order valence-corrected chi connectivity index (χ4v) is 39.2. The van der Waals surface area contributed by atoms with Gasteiger partial charge in [-0.3, -0.25) is 0 Å². The van der Waals surface area contributed by atoms with Gasteiger partial charge in [0.1, 0.15) is 20.1 Å². The van der Waals surface area contributed by atoms with E-state index in [0.29, 0.717) is 20.6 Å². The minimum atomic E-state index is -2.33. The molecule has 4 aromatic heterocycles. The maximum atomic E-state index is 6.18. The quantitative estimate of drug-likeness (QED) is 0.0364. The number of halogens is 5. The zero-order valence-electron chi connectivity index (χ0n) is 67.2. The number of aromatic nitrogens is 4. The largest absolute Gasteiger partial charge is 0.234 e. The molecule has 604 valence electrons. The molecule has 0 saturated heterocycles. The van der Waals surface area contributed by atoms with Crippen LogP contribution in [-0.4, -0.2) is 38.3 Å². The van der Waals surface area contributed by atoms with E-state index in [0.717, 1.165) is 16.0 Å². The van der Waals surface area contributed by atoms with Crippen molar-refractivity contribution in [1.82, 2.24) is 19.9 Å². The second-order valence-corrected chi connectivity index (χ2v) is 51.6. The van der Waals surface area contributed by atoms with E-state index in [1.165, 1.54) is 119 Å².